The SMILES string of the molecule is CCCC(CC)CC(=O)OCCCSCCCOC(=O)CC(CC)CCC. The van der Waals surface area contributed by atoms with Gasteiger partial charge in [-0.15, -0.1) is 0 Å². The minimum Gasteiger partial charge on any atom is -0.466 e. The maximum absolute atomic E-state index is 11.8. The molecule has 0 aliphatic heterocycles. The average Bonchev–Trinajstić information content (AvgIpc) is 2.65. The van der Waals surface area contributed by atoms with Gasteiger partial charge in [-0.3, -0.25) is 9.59 Å². The molecule has 0 aliphatic rings. The van der Waals surface area contributed by atoms with Gasteiger partial charge in [-0.1, -0.05) is 66.2 Å². The molecule has 0 amide bonds. The highest BCUT2D eigenvalue weighted by atomic mass is 32.2. The summed E-state index contributed by atoms with van der Waals surface area (Å²) in [6, 6.07) is 0. The molecule has 0 N–H and O–H groups in total. The van der Waals surface area contributed by atoms with Gasteiger partial charge in [0, 0.05) is 12.8 Å². The minimum absolute atomic E-state index is 0.0549. The van der Waals surface area contributed by atoms with Gasteiger partial charge < -0.3 is 9.47 Å². The number of hydrogen-bond acceptors (Lipinski definition) is 5. The van der Waals surface area contributed by atoms with Gasteiger partial charge in [0.1, 0.15) is 0 Å². The van der Waals surface area contributed by atoms with Gasteiger partial charge in [-0.05, 0) is 36.2 Å². The van der Waals surface area contributed by atoms with Crippen LogP contribution in [0, 0.1) is 11.8 Å². The summed E-state index contributed by atoms with van der Waals surface area (Å²) < 4.78 is 10.7. The fraction of sp³-hybridized carbons (Fsp3) is 0.909. The van der Waals surface area contributed by atoms with Crippen LogP contribution in [-0.4, -0.2) is 36.7 Å². The van der Waals surface area contributed by atoms with Gasteiger partial charge in [0.2, 0.25) is 0 Å². The Bertz CT molecular complexity index is 339. The van der Waals surface area contributed by atoms with Crippen LogP contribution in [0.25, 0.3) is 0 Å². The van der Waals surface area contributed by atoms with Gasteiger partial charge >= 0.3 is 11.9 Å². The zero-order chi connectivity index (χ0) is 20.3. The summed E-state index contributed by atoms with van der Waals surface area (Å²) in [5, 5.41) is 0. The lowest BCUT2D eigenvalue weighted by Crippen LogP contribution is -2.12. The summed E-state index contributed by atoms with van der Waals surface area (Å²) >= 11 is 1.83. The van der Waals surface area contributed by atoms with Crippen molar-refractivity contribution >= 4 is 23.7 Å². The minimum atomic E-state index is -0.0549. The molecule has 0 rings (SSSR count). The number of carbonyl (C=O) groups excluding carboxylic acids is 2. The van der Waals surface area contributed by atoms with E-state index in [0.717, 1.165) is 62.9 Å². The van der Waals surface area contributed by atoms with Gasteiger partial charge in [0.15, 0.2) is 0 Å². The molecular weight excluding hydrogens is 360 g/mol. The van der Waals surface area contributed by atoms with Crippen molar-refractivity contribution in [2.45, 2.75) is 91.9 Å². The Hall–Kier alpha value is -0.710. The van der Waals surface area contributed by atoms with E-state index in [9.17, 15) is 9.59 Å². The van der Waals surface area contributed by atoms with Crippen molar-refractivity contribution in [1.82, 2.24) is 0 Å². The molecule has 0 spiro atoms. The van der Waals surface area contributed by atoms with E-state index >= 15 is 0 Å². The van der Waals surface area contributed by atoms with Gasteiger partial charge in [0.25, 0.3) is 0 Å². The molecule has 0 radical (unpaired) electrons. The molecule has 4 nitrogen and oxygen atoms in total. The molecule has 2 unspecified atom stereocenters. The van der Waals surface area contributed by atoms with Crippen molar-refractivity contribution in [3.05, 3.63) is 0 Å². The highest BCUT2D eigenvalue weighted by molar-refractivity contribution is 7.99. The lowest BCUT2D eigenvalue weighted by Gasteiger charge is -2.13. The second-order valence-electron chi connectivity index (χ2n) is 7.29. The summed E-state index contributed by atoms with van der Waals surface area (Å²) in [6.45, 7) is 9.60. The number of ether oxygens (including phenoxy) is 2. The second-order valence-corrected chi connectivity index (χ2v) is 8.52. The Labute approximate surface area is 171 Å². The molecule has 0 bridgehead atoms. The van der Waals surface area contributed by atoms with Crippen molar-refractivity contribution in [2.75, 3.05) is 24.7 Å². The topological polar surface area (TPSA) is 52.6 Å². The maximum Gasteiger partial charge on any atom is 0.306 e. The van der Waals surface area contributed by atoms with Crippen molar-refractivity contribution in [1.29, 1.82) is 0 Å². The van der Waals surface area contributed by atoms with Crippen LogP contribution in [-0.2, 0) is 19.1 Å². The van der Waals surface area contributed by atoms with Crippen LogP contribution in [0.3, 0.4) is 0 Å². The summed E-state index contributed by atoms with van der Waals surface area (Å²) in [5.74, 6) is 2.77. The summed E-state index contributed by atoms with van der Waals surface area (Å²) in [4.78, 5) is 23.6. The van der Waals surface area contributed by atoms with Crippen LogP contribution in [0.1, 0.15) is 91.9 Å². The molecular formula is C22H42O4S. The molecule has 2 atom stereocenters. The first kappa shape index (κ1) is 26.3. The molecule has 0 heterocycles. The average molecular weight is 403 g/mol. The molecule has 0 aromatic rings. The predicted molar refractivity (Wildman–Crippen MR) is 115 cm³/mol. The fourth-order valence-corrected chi connectivity index (χ4v) is 3.95. The Morgan fingerprint density at radius 3 is 1.48 bits per heavy atom. The van der Waals surface area contributed by atoms with Crippen LogP contribution in [0.5, 0.6) is 0 Å². The number of rotatable bonds is 18. The van der Waals surface area contributed by atoms with E-state index in [-0.39, 0.29) is 11.9 Å². The van der Waals surface area contributed by atoms with E-state index in [1.54, 1.807) is 0 Å². The lowest BCUT2D eigenvalue weighted by molar-refractivity contribution is -0.145. The van der Waals surface area contributed by atoms with Crippen LogP contribution in [0.4, 0.5) is 0 Å². The third-order valence-electron chi connectivity index (χ3n) is 4.85. The zero-order valence-electron chi connectivity index (χ0n) is 18.1. The van der Waals surface area contributed by atoms with Crippen LogP contribution >= 0.6 is 11.8 Å². The number of carbonyl (C=O) groups is 2. The Kier molecular flexibility index (Phi) is 18.2. The third-order valence-corrected chi connectivity index (χ3v) is 6.01. The van der Waals surface area contributed by atoms with E-state index in [1.165, 1.54) is 0 Å². The van der Waals surface area contributed by atoms with Gasteiger partial charge in [-0.25, -0.2) is 0 Å². The first-order valence-electron chi connectivity index (χ1n) is 11.0. The molecule has 0 aromatic heterocycles. The summed E-state index contributed by atoms with van der Waals surface area (Å²) in [5.41, 5.74) is 0. The first-order chi connectivity index (χ1) is 13.1. The molecule has 0 aliphatic carbocycles. The standard InChI is InChI=1S/C22H42O4S/c1-5-11-19(7-3)17-21(23)25-13-9-15-27-16-10-14-26-22(24)18-20(8-4)12-6-2/h19-20H,5-18H2,1-4H3. The van der Waals surface area contributed by atoms with Gasteiger partial charge in [-0.2, -0.15) is 11.8 Å². The first-order valence-corrected chi connectivity index (χ1v) is 12.1. The maximum atomic E-state index is 11.8. The molecule has 0 aromatic carbocycles. The van der Waals surface area contributed by atoms with Crippen molar-refractivity contribution in [3.63, 3.8) is 0 Å². The van der Waals surface area contributed by atoms with Crippen molar-refractivity contribution < 1.29 is 19.1 Å². The van der Waals surface area contributed by atoms with E-state index in [1.807, 2.05) is 11.8 Å². The van der Waals surface area contributed by atoms with Crippen molar-refractivity contribution in [3.8, 4) is 0 Å². The van der Waals surface area contributed by atoms with Crippen LogP contribution in [0.2, 0.25) is 0 Å². The van der Waals surface area contributed by atoms with Crippen LogP contribution < -0.4 is 0 Å². The molecule has 0 saturated carbocycles. The molecule has 0 saturated heterocycles. The monoisotopic (exact) mass is 402 g/mol. The van der Waals surface area contributed by atoms with Gasteiger partial charge in [0.05, 0.1) is 13.2 Å². The van der Waals surface area contributed by atoms with Crippen LogP contribution in [0.15, 0.2) is 0 Å². The highest BCUT2D eigenvalue weighted by Gasteiger charge is 2.13. The Balaban J connectivity index is 3.51. The predicted octanol–water partition coefficient (Wildman–Crippen LogP) is 6.02. The molecule has 27 heavy (non-hydrogen) atoms. The normalized spacial score (nSPS) is 13.2. The largest absolute Gasteiger partial charge is 0.466 e. The van der Waals surface area contributed by atoms with Crippen molar-refractivity contribution in [2.24, 2.45) is 11.8 Å². The summed E-state index contributed by atoms with van der Waals surface area (Å²) in [6.07, 6.45) is 9.41. The van der Waals surface area contributed by atoms with E-state index < -0.39 is 0 Å². The molecule has 5 heteroatoms. The third kappa shape index (κ3) is 16.0. The Morgan fingerprint density at radius 1 is 0.741 bits per heavy atom. The Morgan fingerprint density at radius 2 is 1.15 bits per heavy atom. The highest BCUT2D eigenvalue weighted by Crippen LogP contribution is 2.17. The van der Waals surface area contributed by atoms with E-state index in [0.29, 0.717) is 37.9 Å². The lowest BCUT2D eigenvalue weighted by atomic mass is 9.97. The number of thioether (sulfide) groups is 1. The molecule has 160 valence electrons. The number of esters is 2. The zero-order valence-corrected chi connectivity index (χ0v) is 18.9. The summed E-state index contributed by atoms with van der Waals surface area (Å²) in [7, 11) is 0. The number of hydrogen-bond donors (Lipinski definition) is 0. The van der Waals surface area contributed by atoms with E-state index in [4.69, 9.17) is 9.47 Å². The quantitative estimate of drug-likeness (QED) is 0.207. The fourth-order valence-electron chi connectivity index (χ4n) is 3.10. The smallest absolute Gasteiger partial charge is 0.306 e. The second kappa shape index (κ2) is 18.6. The van der Waals surface area contributed by atoms with E-state index in [2.05, 4.69) is 27.7 Å². The molecule has 0 fully saturated rings.